The number of aryl methyl sites for hydroxylation is 1. The molecule has 1 aromatic heterocycles. The number of ether oxygens (including phenoxy) is 2. The van der Waals surface area contributed by atoms with Crippen molar-refractivity contribution in [3.63, 3.8) is 0 Å². The fourth-order valence-electron chi connectivity index (χ4n) is 3.27. The summed E-state index contributed by atoms with van der Waals surface area (Å²) in [4.78, 5) is 37.0. The van der Waals surface area contributed by atoms with E-state index in [0.29, 0.717) is 17.8 Å². The molecule has 2 N–H and O–H groups in total. The average Bonchev–Trinajstić information content (AvgIpc) is 3.33. The first-order valence-electron chi connectivity index (χ1n) is 10.9. The van der Waals surface area contributed by atoms with Gasteiger partial charge < -0.3 is 20.1 Å². The van der Waals surface area contributed by atoms with Crippen LogP contribution in [-0.4, -0.2) is 52.7 Å². The van der Waals surface area contributed by atoms with Crippen molar-refractivity contribution in [2.75, 3.05) is 13.7 Å². The summed E-state index contributed by atoms with van der Waals surface area (Å²) in [5.74, 6) is -2.05. The SMILES string of the molecule is CCCn1nncc1-c1cc(F)cc(C(=O)NC[C@@H](NC(=O)OCc2ccccc2)C(=O)OC)c1. The molecule has 0 unspecified atom stereocenters. The second kappa shape index (κ2) is 12.3. The first-order valence-corrected chi connectivity index (χ1v) is 10.9. The van der Waals surface area contributed by atoms with E-state index in [-0.39, 0.29) is 18.7 Å². The second-order valence-electron chi connectivity index (χ2n) is 7.56. The molecule has 1 heterocycles. The van der Waals surface area contributed by atoms with Gasteiger partial charge in [0.2, 0.25) is 0 Å². The molecule has 3 aromatic rings. The Balaban J connectivity index is 1.65. The Morgan fingerprint density at radius 2 is 1.91 bits per heavy atom. The van der Waals surface area contributed by atoms with Crippen LogP contribution in [0.4, 0.5) is 9.18 Å². The fraction of sp³-hybridized carbons (Fsp3) is 0.292. The van der Waals surface area contributed by atoms with Gasteiger partial charge in [0, 0.05) is 24.2 Å². The number of hydrogen-bond donors (Lipinski definition) is 2. The molecule has 0 spiro atoms. The first-order chi connectivity index (χ1) is 16.9. The molecule has 0 bridgehead atoms. The second-order valence-corrected chi connectivity index (χ2v) is 7.56. The Kier molecular flexibility index (Phi) is 8.88. The quantitative estimate of drug-likeness (QED) is 0.425. The van der Waals surface area contributed by atoms with Gasteiger partial charge >= 0.3 is 12.1 Å². The maximum Gasteiger partial charge on any atom is 0.408 e. The van der Waals surface area contributed by atoms with Crippen molar-refractivity contribution in [3.8, 4) is 11.3 Å². The first kappa shape index (κ1) is 25.3. The van der Waals surface area contributed by atoms with Gasteiger partial charge in [0.05, 0.1) is 19.0 Å². The third-order valence-corrected chi connectivity index (χ3v) is 4.97. The summed E-state index contributed by atoms with van der Waals surface area (Å²) in [7, 11) is 1.15. The molecule has 0 aliphatic rings. The van der Waals surface area contributed by atoms with E-state index < -0.39 is 29.8 Å². The highest BCUT2D eigenvalue weighted by atomic mass is 19.1. The highest BCUT2D eigenvalue weighted by Crippen LogP contribution is 2.21. The summed E-state index contributed by atoms with van der Waals surface area (Å²) in [6.45, 7) is 2.26. The van der Waals surface area contributed by atoms with Crippen molar-refractivity contribution >= 4 is 18.0 Å². The van der Waals surface area contributed by atoms with E-state index in [1.165, 1.54) is 18.3 Å². The molecule has 3 rings (SSSR count). The van der Waals surface area contributed by atoms with Crippen molar-refractivity contribution < 1.29 is 28.2 Å². The van der Waals surface area contributed by atoms with Crippen molar-refractivity contribution in [1.82, 2.24) is 25.6 Å². The van der Waals surface area contributed by atoms with Gasteiger partial charge in [-0.05, 0) is 30.2 Å². The predicted molar refractivity (Wildman–Crippen MR) is 124 cm³/mol. The van der Waals surface area contributed by atoms with Crippen molar-refractivity contribution in [2.24, 2.45) is 0 Å². The van der Waals surface area contributed by atoms with Crippen LogP contribution in [0.5, 0.6) is 0 Å². The molecule has 0 aliphatic heterocycles. The maximum absolute atomic E-state index is 14.3. The highest BCUT2D eigenvalue weighted by Gasteiger charge is 2.24. The standard InChI is InChI=1S/C24H26FN5O5/c1-3-9-30-21(14-27-29-30)17-10-18(12-19(25)11-17)22(31)26-13-20(23(32)34-2)28-24(33)35-15-16-7-5-4-6-8-16/h4-8,10-12,14,20H,3,9,13,15H2,1-2H3,(H,26,31)(H,28,33)/t20-/m1/s1. The average molecular weight is 484 g/mol. The van der Waals surface area contributed by atoms with E-state index in [0.717, 1.165) is 25.2 Å². The number of nitrogens with one attached hydrogen (secondary N) is 2. The number of halogens is 1. The van der Waals surface area contributed by atoms with E-state index in [2.05, 4.69) is 20.9 Å². The minimum Gasteiger partial charge on any atom is -0.467 e. The van der Waals surface area contributed by atoms with E-state index in [1.807, 2.05) is 13.0 Å². The van der Waals surface area contributed by atoms with Gasteiger partial charge in [-0.3, -0.25) is 4.79 Å². The van der Waals surface area contributed by atoms with E-state index in [9.17, 15) is 18.8 Å². The maximum atomic E-state index is 14.3. The third-order valence-electron chi connectivity index (χ3n) is 4.97. The van der Waals surface area contributed by atoms with Gasteiger partial charge in [0.1, 0.15) is 18.5 Å². The van der Waals surface area contributed by atoms with Crippen LogP contribution >= 0.6 is 0 Å². The number of methoxy groups -OCH3 is 1. The molecular weight excluding hydrogens is 457 g/mol. The molecule has 184 valence electrons. The van der Waals surface area contributed by atoms with Crippen LogP contribution in [-0.2, 0) is 27.4 Å². The van der Waals surface area contributed by atoms with Crippen LogP contribution in [0.25, 0.3) is 11.3 Å². The summed E-state index contributed by atoms with van der Waals surface area (Å²) < 4.78 is 25.7. The smallest absolute Gasteiger partial charge is 0.408 e. The topological polar surface area (TPSA) is 124 Å². The van der Waals surface area contributed by atoms with Crippen LogP contribution in [0.15, 0.2) is 54.7 Å². The van der Waals surface area contributed by atoms with Crippen LogP contribution < -0.4 is 10.6 Å². The number of amides is 2. The van der Waals surface area contributed by atoms with Crippen molar-refractivity contribution in [3.05, 3.63) is 71.7 Å². The Morgan fingerprint density at radius 3 is 2.63 bits per heavy atom. The van der Waals surface area contributed by atoms with Crippen LogP contribution in [0.2, 0.25) is 0 Å². The lowest BCUT2D eigenvalue weighted by atomic mass is 10.1. The monoisotopic (exact) mass is 483 g/mol. The van der Waals surface area contributed by atoms with Gasteiger partial charge in [0.25, 0.3) is 5.91 Å². The number of hydrogen-bond acceptors (Lipinski definition) is 7. The lowest BCUT2D eigenvalue weighted by molar-refractivity contribution is -0.142. The molecule has 0 aliphatic carbocycles. The number of esters is 1. The zero-order valence-electron chi connectivity index (χ0n) is 19.4. The third kappa shape index (κ3) is 7.10. The number of carbonyl (C=O) groups excluding carboxylic acids is 3. The Hall–Kier alpha value is -4.28. The van der Waals surface area contributed by atoms with Gasteiger partial charge in [-0.2, -0.15) is 0 Å². The lowest BCUT2D eigenvalue weighted by Gasteiger charge is -2.17. The van der Waals surface area contributed by atoms with Gasteiger partial charge in [-0.1, -0.05) is 42.5 Å². The van der Waals surface area contributed by atoms with Crippen LogP contribution in [0, 0.1) is 5.82 Å². The number of rotatable bonds is 10. The van der Waals surface area contributed by atoms with Gasteiger partial charge in [-0.15, -0.1) is 5.10 Å². The van der Waals surface area contributed by atoms with Crippen molar-refractivity contribution in [2.45, 2.75) is 32.5 Å². The molecule has 0 saturated heterocycles. The zero-order chi connectivity index (χ0) is 25.2. The summed E-state index contributed by atoms with van der Waals surface area (Å²) in [6, 6.07) is 11.6. The molecule has 2 aromatic carbocycles. The molecule has 35 heavy (non-hydrogen) atoms. The molecule has 10 nitrogen and oxygen atoms in total. The molecule has 11 heteroatoms. The molecule has 0 radical (unpaired) electrons. The number of nitrogens with zero attached hydrogens (tertiary/aromatic N) is 3. The highest BCUT2D eigenvalue weighted by molar-refractivity contribution is 5.96. The molecule has 1 atom stereocenters. The van der Waals surface area contributed by atoms with Crippen LogP contribution in [0.1, 0.15) is 29.3 Å². The number of carbonyl (C=O) groups is 3. The van der Waals surface area contributed by atoms with Crippen LogP contribution in [0.3, 0.4) is 0 Å². The summed E-state index contributed by atoms with van der Waals surface area (Å²) in [5.41, 5.74) is 1.79. The largest absolute Gasteiger partial charge is 0.467 e. The lowest BCUT2D eigenvalue weighted by Crippen LogP contribution is -2.49. The summed E-state index contributed by atoms with van der Waals surface area (Å²) in [5, 5.41) is 12.7. The zero-order valence-corrected chi connectivity index (χ0v) is 19.4. The number of benzene rings is 2. The Bertz CT molecular complexity index is 1170. The Morgan fingerprint density at radius 1 is 1.14 bits per heavy atom. The summed E-state index contributed by atoms with van der Waals surface area (Å²) >= 11 is 0. The molecular formula is C24H26FN5O5. The van der Waals surface area contributed by atoms with E-state index in [4.69, 9.17) is 9.47 Å². The van der Waals surface area contributed by atoms with E-state index in [1.54, 1.807) is 28.9 Å². The molecule has 0 saturated carbocycles. The number of alkyl carbamates (subject to hydrolysis) is 1. The van der Waals surface area contributed by atoms with Gasteiger partial charge in [-0.25, -0.2) is 18.7 Å². The molecule has 2 amide bonds. The minimum atomic E-state index is -1.21. The van der Waals surface area contributed by atoms with Crippen molar-refractivity contribution in [1.29, 1.82) is 0 Å². The Labute approximate surface area is 201 Å². The van der Waals surface area contributed by atoms with Gasteiger partial charge in [0.15, 0.2) is 0 Å². The summed E-state index contributed by atoms with van der Waals surface area (Å²) in [6.07, 6.45) is 1.43. The number of aromatic nitrogens is 3. The van der Waals surface area contributed by atoms with E-state index >= 15 is 0 Å². The normalized spacial score (nSPS) is 11.4. The minimum absolute atomic E-state index is 0.00245. The molecule has 0 fully saturated rings. The predicted octanol–water partition coefficient (Wildman–Crippen LogP) is 2.69. The fourth-order valence-corrected chi connectivity index (χ4v) is 3.27.